The van der Waals surface area contributed by atoms with Gasteiger partial charge in [-0.05, 0) is 49.7 Å². The van der Waals surface area contributed by atoms with Crippen LogP contribution in [0.2, 0.25) is 0 Å². The van der Waals surface area contributed by atoms with Gasteiger partial charge in [0.25, 0.3) is 0 Å². The van der Waals surface area contributed by atoms with Crippen molar-refractivity contribution in [2.75, 3.05) is 0 Å². The lowest BCUT2D eigenvalue weighted by atomic mass is 9.74. The van der Waals surface area contributed by atoms with Gasteiger partial charge in [-0.2, -0.15) is 0 Å². The zero-order valence-corrected chi connectivity index (χ0v) is 13.6. The Labute approximate surface area is 128 Å². The minimum atomic E-state index is -0.330. The first-order valence-electron chi connectivity index (χ1n) is 8.00. The van der Waals surface area contributed by atoms with E-state index >= 15 is 0 Å². The fourth-order valence-electron chi connectivity index (χ4n) is 3.26. The summed E-state index contributed by atoms with van der Waals surface area (Å²) in [6.45, 7) is 8.75. The summed E-state index contributed by atoms with van der Waals surface area (Å²) in [5.74, 6) is 2.40. The van der Waals surface area contributed by atoms with Gasteiger partial charge in [-0.25, -0.2) is 4.79 Å². The molecule has 0 spiro atoms. The molecule has 1 aromatic rings. The number of ether oxygens (including phenoxy) is 1. The van der Waals surface area contributed by atoms with Crippen molar-refractivity contribution in [3.05, 3.63) is 29.8 Å². The van der Waals surface area contributed by atoms with Crippen molar-refractivity contribution in [2.24, 2.45) is 17.8 Å². The molecule has 3 nitrogen and oxygen atoms in total. The topological polar surface area (TPSA) is 38.3 Å². The molecule has 1 aromatic carbocycles. The zero-order chi connectivity index (χ0) is 15.4. The summed E-state index contributed by atoms with van der Waals surface area (Å²) < 4.78 is 5.39. The summed E-state index contributed by atoms with van der Waals surface area (Å²) >= 11 is 0. The Kier molecular flexibility index (Phi) is 5.27. The van der Waals surface area contributed by atoms with Crippen LogP contribution in [0.25, 0.3) is 0 Å². The van der Waals surface area contributed by atoms with Crippen LogP contribution in [-0.4, -0.2) is 12.1 Å². The number of nitrogens with one attached hydrogen (secondary N) is 1. The monoisotopic (exact) mass is 289 g/mol. The number of carbonyl (C=O) groups is 1. The van der Waals surface area contributed by atoms with Gasteiger partial charge >= 0.3 is 6.09 Å². The number of benzene rings is 1. The van der Waals surface area contributed by atoms with Crippen LogP contribution in [0.15, 0.2) is 24.3 Å². The third-order valence-electron chi connectivity index (χ3n) is 4.56. The minimum Gasteiger partial charge on any atom is -0.410 e. The minimum absolute atomic E-state index is 0.228. The molecule has 0 saturated heterocycles. The average molecular weight is 289 g/mol. The number of amides is 1. The molecule has 0 unspecified atom stereocenters. The lowest BCUT2D eigenvalue weighted by Crippen LogP contribution is -2.46. The van der Waals surface area contributed by atoms with Gasteiger partial charge < -0.3 is 10.1 Å². The van der Waals surface area contributed by atoms with E-state index in [2.05, 4.69) is 26.1 Å². The molecule has 0 bridgehead atoms. The predicted molar refractivity (Wildman–Crippen MR) is 85.5 cm³/mol. The maximum atomic E-state index is 12.1. The summed E-state index contributed by atoms with van der Waals surface area (Å²) in [7, 11) is 0. The van der Waals surface area contributed by atoms with Crippen molar-refractivity contribution >= 4 is 6.09 Å². The van der Waals surface area contributed by atoms with E-state index in [1.807, 2.05) is 31.2 Å². The summed E-state index contributed by atoms with van der Waals surface area (Å²) in [6.07, 6.45) is 3.16. The Morgan fingerprint density at radius 2 is 1.90 bits per heavy atom. The quantitative estimate of drug-likeness (QED) is 0.887. The van der Waals surface area contributed by atoms with Crippen molar-refractivity contribution in [2.45, 2.75) is 53.0 Å². The second-order valence-electron chi connectivity index (χ2n) is 6.78. The largest absolute Gasteiger partial charge is 0.412 e. The highest BCUT2D eigenvalue weighted by Gasteiger charge is 2.32. The standard InChI is InChI=1S/C18H27NO2/c1-12(2)16-10-7-14(4)11-17(16)19-18(20)21-15-8-5-13(3)6-9-15/h5-6,8-9,12,14,16-17H,7,10-11H2,1-4H3,(H,19,20)/t14-,16+,17-/m1/s1. The van der Waals surface area contributed by atoms with Crippen LogP contribution in [0.5, 0.6) is 5.75 Å². The summed E-state index contributed by atoms with van der Waals surface area (Å²) in [5, 5.41) is 3.08. The Morgan fingerprint density at radius 1 is 1.24 bits per heavy atom. The maximum absolute atomic E-state index is 12.1. The average Bonchev–Trinajstić information content (AvgIpc) is 2.41. The predicted octanol–water partition coefficient (Wildman–Crippen LogP) is 4.54. The van der Waals surface area contributed by atoms with Crippen LogP contribution in [0.3, 0.4) is 0 Å². The van der Waals surface area contributed by atoms with Crippen molar-refractivity contribution in [1.29, 1.82) is 0 Å². The first-order chi connectivity index (χ1) is 9.95. The molecule has 116 valence electrons. The Morgan fingerprint density at radius 3 is 2.52 bits per heavy atom. The van der Waals surface area contributed by atoms with Crippen LogP contribution < -0.4 is 10.1 Å². The van der Waals surface area contributed by atoms with Crippen molar-refractivity contribution < 1.29 is 9.53 Å². The number of hydrogen-bond donors (Lipinski definition) is 1. The second-order valence-corrected chi connectivity index (χ2v) is 6.78. The van der Waals surface area contributed by atoms with Crippen molar-refractivity contribution in [1.82, 2.24) is 5.32 Å². The van der Waals surface area contributed by atoms with E-state index in [1.165, 1.54) is 12.8 Å². The van der Waals surface area contributed by atoms with Gasteiger partial charge in [0.1, 0.15) is 5.75 Å². The third-order valence-corrected chi connectivity index (χ3v) is 4.56. The Balaban J connectivity index is 1.94. The summed E-state index contributed by atoms with van der Waals surface area (Å²) in [5.41, 5.74) is 1.16. The highest BCUT2D eigenvalue weighted by Crippen LogP contribution is 2.33. The van der Waals surface area contributed by atoms with Gasteiger partial charge in [-0.15, -0.1) is 0 Å². The van der Waals surface area contributed by atoms with Gasteiger partial charge in [0, 0.05) is 6.04 Å². The van der Waals surface area contributed by atoms with E-state index < -0.39 is 0 Å². The van der Waals surface area contributed by atoms with Gasteiger partial charge in [-0.1, -0.05) is 44.9 Å². The maximum Gasteiger partial charge on any atom is 0.412 e. The Hall–Kier alpha value is -1.51. The van der Waals surface area contributed by atoms with Crippen LogP contribution in [0.4, 0.5) is 4.79 Å². The first-order valence-corrected chi connectivity index (χ1v) is 8.00. The van der Waals surface area contributed by atoms with Crippen molar-refractivity contribution in [3.63, 3.8) is 0 Å². The lowest BCUT2D eigenvalue weighted by Gasteiger charge is -2.37. The van der Waals surface area contributed by atoms with Crippen LogP contribution >= 0.6 is 0 Å². The smallest absolute Gasteiger partial charge is 0.410 e. The van der Waals surface area contributed by atoms with Gasteiger partial charge in [-0.3, -0.25) is 0 Å². The lowest BCUT2D eigenvalue weighted by molar-refractivity contribution is 0.151. The van der Waals surface area contributed by atoms with E-state index in [-0.39, 0.29) is 12.1 Å². The zero-order valence-electron chi connectivity index (χ0n) is 13.6. The molecule has 3 atom stereocenters. The number of hydrogen-bond acceptors (Lipinski definition) is 2. The normalized spacial score (nSPS) is 25.7. The molecule has 1 amide bonds. The fraction of sp³-hybridized carbons (Fsp3) is 0.611. The number of carbonyl (C=O) groups excluding carboxylic acids is 1. The molecule has 0 aromatic heterocycles. The molecular weight excluding hydrogens is 262 g/mol. The van der Waals surface area contributed by atoms with Crippen LogP contribution in [0.1, 0.15) is 45.6 Å². The molecule has 3 heteroatoms. The molecule has 0 aliphatic heterocycles. The number of rotatable bonds is 3. The molecule has 21 heavy (non-hydrogen) atoms. The highest BCUT2D eigenvalue weighted by atomic mass is 16.6. The molecule has 0 heterocycles. The van der Waals surface area contributed by atoms with Gasteiger partial charge in [0.2, 0.25) is 0 Å². The van der Waals surface area contributed by atoms with Gasteiger partial charge in [0.15, 0.2) is 0 Å². The van der Waals surface area contributed by atoms with E-state index in [0.717, 1.165) is 12.0 Å². The van der Waals surface area contributed by atoms with E-state index in [4.69, 9.17) is 4.74 Å². The molecule has 0 radical (unpaired) electrons. The SMILES string of the molecule is Cc1ccc(OC(=O)N[C@@H]2C[C@H](C)CC[C@H]2C(C)C)cc1. The van der Waals surface area contributed by atoms with Crippen molar-refractivity contribution in [3.8, 4) is 5.75 Å². The molecule has 1 N–H and O–H groups in total. The fourth-order valence-corrected chi connectivity index (χ4v) is 3.26. The van der Waals surface area contributed by atoms with Gasteiger partial charge in [0.05, 0.1) is 0 Å². The van der Waals surface area contributed by atoms with E-state index in [1.54, 1.807) is 0 Å². The van der Waals surface area contributed by atoms with Crippen LogP contribution in [0, 0.1) is 24.7 Å². The third kappa shape index (κ3) is 4.48. The molecule has 1 saturated carbocycles. The molecule has 1 fully saturated rings. The first kappa shape index (κ1) is 15.9. The second kappa shape index (κ2) is 6.97. The summed E-state index contributed by atoms with van der Waals surface area (Å²) in [4.78, 5) is 12.1. The highest BCUT2D eigenvalue weighted by molar-refractivity contribution is 5.70. The summed E-state index contributed by atoms with van der Waals surface area (Å²) in [6, 6.07) is 7.79. The molecule has 1 aliphatic carbocycles. The van der Waals surface area contributed by atoms with E-state index in [9.17, 15) is 4.79 Å². The molecule has 1 aliphatic rings. The molecular formula is C18H27NO2. The number of aryl methyl sites for hydroxylation is 1. The van der Waals surface area contributed by atoms with Crippen LogP contribution in [-0.2, 0) is 0 Å². The Bertz CT molecular complexity index is 467. The van der Waals surface area contributed by atoms with E-state index in [0.29, 0.717) is 23.5 Å². The molecule has 2 rings (SSSR count).